The Balaban J connectivity index is 1.93. The molecule has 2 N–H and O–H groups in total. The molecule has 0 atom stereocenters. The Bertz CT molecular complexity index is 425. The number of nitrogens with one attached hydrogen (secondary N) is 2. The maximum atomic E-state index is 12.0. The number of hydrogen-bond acceptors (Lipinski definition) is 2. The van der Waals surface area contributed by atoms with Crippen LogP contribution in [0.25, 0.3) is 0 Å². The third-order valence-corrected chi connectivity index (χ3v) is 3.49. The molecule has 1 heterocycles. The van der Waals surface area contributed by atoms with Crippen molar-refractivity contribution >= 4 is 5.91 Å². The summed E-state index contributed by atoms with van der Waals surface area (Å²) in [6.07, 6.45) is 9.84. The highest BCUT2D eigenvalue weighted by molar-refractivity contribution is 5.93. The van der Waals surface area contributed by atoms with E-state index in [2.05, 4.69) is 10.3 Å². The fourth-order valence-corrected chi connectivity index (χ4v) is 2.42. The van der Waals surface area contributed by atoms with Crippen molar-refractivity contribution in [3.63, 3.8) is 0 Å². The molecule has 1 aromatic heterocycles. The van der Waals surface area contributed by atoms with Gasteiger partial charge in [-0.15, -0.1) is 0 Å². The smallest absolute Gasteiger partial charge is 0.252 e. The average Bonchev–Trinajstić information content (AvgIpc) is 2.33. The van der Waals surface area contributed by atoms with Crippen molar-refractivity contribution in [2.45, 2.75) is 51.0 Å². The van der Waals surface area contributed by atoms with Crippen molar-refractivity contribution < 1.29 is 4.79 Å². The zero-order valence-corrected chi connectivity index (χ0v) is 10.6. The van der Waals surface area contributed by atoms with Gasteiger partial charge in [0.15, 0.2) is 0 Å². The SMILES string of the molecule is O=C(NC1CCCCCCC1)c1ccc(=O)[nH]c1. The van der Waals surface area contributed by atoms with E-state index in [-0.39, 0.29) is 17.5 Å². The van der Waals surface area contributed by atoms with Gasteiger partial charge < -0.3 is 10.3 Å². The van der Waals surface area contributed by atoms with Crippen LogP contribution >= 0.6 is 0 Å². The van der Waals surface area contributed by atoms with E-state index < -0.39 is 0 Å². The molecule has 0 unspecified atom stereocenters. The average molecular weight is 248 g/mol. The van der Waals surface area contributed by atoms with Gasteiger partial charge in [-0.25, -0.2) is 0 Å². The third kappa shape index (κ3) is 3.72. The summed E-state index contributed by atoms with van der Waals surface area (Å²) in [5.74, 6) is -0.0863. The van der Waals surface area contributed by atoms with Crippen LogP contribution in [-0.2, 0) is 0 Å². The molecule has 0 aromatic carbocycles. The first-order valence-corrected chi connectivity index (χ1v) is 6.75. The fraction of sp³-hybridized carbons (Fsp3) is 0.571. The summed E-state index contributed by atoms with van der Waals surface area (Å²) >= 11 is 0. The number of H-pyrrole nitrogens is 1. The second kappa shape index (κ2) is 6.38. The highest BCUT2D eigenvalue weighted by Crippen LogP contribution is 2.17. The van der Waals surface area contributed by atoms with Gasteiger partial charge in [0, 0.05) is 18.3 Å². The highest BCUT2D eigenvalue weighted by Gasteiger charge is 2.14. The van der Waals surface area contributed by atoms with E-state index in [0.717, 1.165) is 12.8 Å². The lowest BCUT2D eigenvalue weighted by Crippen LogP contribution is -2.35. The van der Waals surface area contributed by atoms with Crippen molar-refractivity contribution in [3.05, 3.63) is 34.2 Å². The molecule has 98 valence electrons. The standard InChI is InChI=1S/C14H20N2O2/c17-13-9-8-11(10-15-13)14(18)16-12-6-4-2-1-3-5-7-12/h8-10,12H,1-7H2,(H,15,17)(H,16,18). The van der Waals surface area contributed by atoms with Crippen LogP contribution in [0.2, 0.25) is 0 Å². The molecule has 0 aliphatic heterocycles. The number of carbonyl (C=O) groups excluding carboxylic acids is 1. The first kappa shape index (κ1) is 12.9. The highest BCUT2D eigenvalue weighted by atomic mass is 16.2. The molecule has 0 spiro atoms. The molecule has 0 radical (unpaired) electrons. The summed E-state index contributed by atoms with van der Waals surface area (Å²) in [5.41, 5.74) is 0.342. The first-order chi connectivity index (χ1) is 8.75. The van der Waals surface area contributed by atoms with E-state index >= 15 is 0 Å². The van der Waals surface area contributed by atoms with Crippen LogP contribution in [0.3, 0.4) is 0 Å². The maximum absolute atomic E-state index is 12.0. The molecule has 1 fully saturated rings. The Hall–Kier alpha value is -1.58. The van der Waals surface area contributed by atoms with E-state index in [4.69, 9.17) is 0 Å². The van der Waals surface area contributed by atoms with Crippen molar-refractivity contribution in [3.8, 4) is 0 Å². The summed E-state index contributed by atoms with van der Waals surface area (Å²) in [7, 11) is 0. The molecule has 1 aliphatic rings. The van der Waals surface area contributed by atoms with E-state index in [1.165, 1.54) is 44.4 Å². The molecule has 1 aromatic rings. The number of aromatic amines is 1. The Morgan fingerprint density at radius 1 is 1.11 bits per heavy atom. The zero-order valence-electron chi connectivity index (χ0n) is 10.6. The summed E-state index contributed by atoms with van der Waals surface area (Å²) < 4.78 is 0. The Kier molecular flexibility index (Phi) is 4.56. The molecule has 1 amide bonds. The summed E-state index contributed by atoms with van der Waals surface area (Å²) in [6, 6.07) is 3.23. The number of pyridine rings is 1. The quantitative estimate of drug-likeness (QED) is 0.843. The molecule has 4 nitrogen and oxygen atoms in total. The van der Waals surface area contributed by atoms with Crippen LogP contribution in [-0.4, -0.2) is 16.9 Å². The predicted molar refractivity (Wildman–Crippen MR) is 70.6 cm³/mol. The molecule has 1 aliphatic carbocycles. The van der Waals surface area contributed by atoms with E-state index in [0.29, 0.717) is 5.56 Å². The van der Waals surface area contributed by atoms with Gasteiger partial charge in [0.25, 0.3) is 5.91 Å². The number of amides is 1. The molecule has 0 bridgehead atoms. The van der Waals surface area contributed by atoms with E-state index in [9.17, 15) is 9.59 Å². The molecule has 1 saturated carbocycles. The lowest BCUT2D eigenvalue weighted by Gasteiger charge is -2.20. The van der Waals surface area contributed by atoms with Crippen LogP contribution in [0.15, 0.2) is 23.1 Å². The van der Waals surface area contributed by atoms with Gasteiger partial charge in [-0.05, 0) is 18.9 Å². The minimum absolute atomic E-state index is 0.0863. The minimum atomic E-state index is -0.183. The van der Waals surface area contributed by atoms with Crippen LogP contribution in [0, 0.1) is 0 Å². The Labute approximate surface area is 107 Å². The Morgan fingerprint density at radius 3 is 2.39 bits per heavy atom. The largest absolute Gasteiger partial charge is 0.349 e. The molecule has 2 rings (SSSR count). The number of aromatic nitrogens is 1. The second-order valence-electron chi connectivity index (χ2n) is 4.96. The fourth-order valence-electron chi connectivity index (χ4n) is 2.42. The number of carbonyl (C=O) groups is 1. The van der Waals surface area contributed by atoms with Crippen LogP contribution < -0.4 is 10.9 Å². The monoisotopic (exact) mass is 248 g/mol. The number of hydrogen-bond donors (Lipinski definition) is 2. The molecular weight excluding hydrogens is 228 g/mol. The number of rotatable bonds is 2. The first-order valence-electron chi connectivity index (χ1n) is 6.75. The van der Waals surface area contributed by atoms with E-state index in [1.807, 2.05) is 0 Å². The van der Waals surface area contributed by atoms with Crippen LogP contribution in [0.5, 0.6) is 0 Å². The van der Waals surface area contributed by atoms with Crippen LogP contribution in [0.1, 0.15) is 55.3 Å². The molecule has 18 heavy (non-hydrogen) atoms. The predicted octanol–water partition coefficient (Wildman–Crippen LogP) is 2.22. The lowest BCUT2D eigenvalue weighted by molar-refractivity contribution is 0.0930. The minimum Gasteiger partial charge on any atom is -0.349 e. The Morgan fingerprint density at radius 2 is 1.78 bits per heavy atom. The van der Waals surface area contributed by atoms with Crippen molar-refractivity contribution in [2.24, 2.45) is 0 Å². The van der Waals surface area contributed by atoms with Crippen molar-refractivity contribution in [1.29, 1.82) is 0 Å². The second-order valence-corrected chi connectivity index (χ2v) is 4.96. The molecule has 4 heteroatoms. The normalized spacial score (nSPS) is 17.8. The molecule has 0 saturated heterocycles. The summed E-state index contributed by atoms with van der Waals surface area (Å²) in [6.45, 7) is 0. The van der Waals surface area contributed by atoms with Gasteiger partial charge in [0.1, 0.15) is 0 Å². The van der Waals surface area contributed by atoms with Gasteiger partial charge in [-0.3, -0.25) is 9.59 Å². The zero-order chi connectivity index (χ0) is 12.8. The topological polar surface area (TPSA) is 62.0 Å². The molecular formula is C14H20N2O2. The summed E-state index contributed by atoms with van der Waals surface area (Å²) in [4.78, 5) is 25.4. The van der Waals surface area contributed by atoms with Crippen molar-refractivity contribution in [1.82, 2.24) is 10.3 Å². The van der Waals surface area contributed by atoms with Gasteiger partial charge in [-0.1, -0.05) is 32.1 Å². The van der Waals surface area contributed by atoms with Gasteiger partial charge in [-0.2, -0.15) is 0 Å². The van der Waals surface area contributed by atoms with Crippen molar-refractivity contribution in [2.75, 3.05) is 0 Å². The van der Waals surface area contributed by atoms with Gasteiger partial charge in [0.2, 0.25) is 5.56 Å². The third-order valence-electron chi connectivity index (χ3n) is 3.49. The van der Waals surface area contributed by atoms with Crippen LogP contribution in [0.4, 0.5) is 0 Å². The van der Waals surface area contributed by atoms with Gasteiger partial charge in [0.05, 0.1) is 5.56 Å². The van der Waals surface area contributed by atoms with Gasteiger partial charge >= 0.3 is 0 Å². The summed E-state index contributed by atoms with van der Waals surface area (Å²) in [5, 5.41) is 3.06. The van der Waals surface area contributed by atoms with E-state index in [1.54, 1.807) is 6.07 Å². The maximum Gasteiger partial charge on any atom is 0.252 e. The lowest BCUT2D eigenvalue weighted by atomic mass is 9.96.